The number of halogens is 1. The highest BCUT2D eigenvalue weighted by molar-refractivity contribution is 7.99. The number of carboxylic acids is 1. The van der Waals surface area contributed by atoms with Crippen molar-refractivity contribution in [3.8, 4) is 0 Å². The molecule has 0 spiro atoms. The molecule has 6 nitrogen and oxygen atoms in total. The lowest BCUT2D eigenvalue weighted by molar-refractivity contribution is -0.137. The first-order chi connectivity index (χ1) is 18.0. The molecule has 2 aliphatic heterocycles. The Hall–Kier alpha value is -3.62. The summed E-state index contributed by atoms with van der Waals surface area (Å²) in [5.41, 5.74) is 5.84. The molecule has 3 aromatic rings. The van der Waals surface area contributed by atoms with Crippen LogP contribution in [0.25, 0.3) is 11.3 Å². The number of thioether (sulfide) groups is 1. The molecule has 0 atom stereocenters. The largest absolute Gasteiger partial charge is 0.481 e. The van der Waals surface area contributed by atoms with Crippen molar-refractivity contribution in [2.45, 2.75) is 19.4 Å². The van der Waals surface area contributed by atoms with Gasteiger partial charge in [-0.3, -0.25) is 14.5 Å². The van der Waals surface area contributed by atoms with Gasteiger partial charge in [0.1, 0.15) is 5.82 Å². The number of hydrogen-bond donors (Lipinski definition) is 3. The fourth-order valence-corrected chi connectivity index (χ4v) is 5.60. The monoisotopic (exact) mass is 517 g/mol. The van der Waals surface area contributed by atoms with Crippen molar-refractivity contribution in [2.75, 3.05) is 35.2 Å². The number of carbonyl (C=O) groups excluding carboxylic acids is 1. The number of nitrogens with zero attached hydrogens (tertiary/aromatic N) is 1. The van der Waals surface area contributed by atoms with Gasteiger partial charge in [0.15, 0.2) is 0 Å². The van der Waals surface area contributed by atoms with Crippen molar-refractivity contribution in [1.29, 1.82) is 0 Å². The highest BCUT2D eigenvalue weighted by atomic mass is 32.2. The third kappa shape index (κ3) is 6.03. The average Bonchev–Trinajstić information content (AvgIpc) is 3.22. The van der Waals surface area contributed by atoms with Gasteiger partial charge in [0, 0.05) is 48.8 Å². The van der Waals surface area contributed by atoms with Gasteiger partial charge in [-0.1, -0.05) is 36.4 Å². The molecule has 0 aliphatic carbocycles. The Morgan fingerprint density at radius 2 is 1.70 bits per heavy atom. The maximum Gasteiger partial charge on any atom is 0.303 e. The number of nitrogens with one attached hydrogen (secondary N) is 2. The van der Waals surface area contributed by atoms with E-state index in [2.05, 4.69) is 27.7 Å². The number of carboxylic acid groups (broad SMARTS) is 1. The molecule has 190 valence electrons. The van der Waals surface area contributed by atoms with Crippen LogP contribution >= 0.6 is 11.8 Å². The molecule has 3 N–H and O–H groups in total. The number of aliphatic carboxylic acids is 1. The van der Waals surface area contributed by atoms with Crippen molar-refractivity contribution in [3.05, 3.63) is 94.8 Å². The van der Waals surface area contributed by atoms with Crippen molar-refractivity contribution in [1.82, 2.24) is 4.90 Å². The molecule has 0 saturated carbocycles. The molecule has 0 unspecified atom stereocenters. The Morgan fingerprint density at radius 3 is 2.41 bits per heavy atom. The molecule has 0 radical (unpaired) electrons. The summed E-state index contributed by atoms with van der Waals surface area (Å²) >= 11 is 1.99. The molecule has 3 aromatic carbocycles. The quantitative estimate of drug-likeness (QED) is 0.351. The van der Waals surface area contributed by atoms with E-state index < -0.39 is 11.8 Å². The maximum absolute atomic E-state index is 13.8. The molecule has 8 heteroatoms. The number of carbonyl (C=O) groups is 2. The molecular weight excluding hydrogens is 489 g/mol. The van der Waals surface area contributed by atoms with Gasteiger partial charge in [-0.05, 0) is 53.4 Å². The molecule has 2 heterocycles. The van der Waals surface area contributed by atoms with Gasteiger partial charge >= 0.3 is 5.97 Å². The Labute approximate surface area is 219 Å². The van der Waals surface area contributed by atoms with E-state index in [1.807, 2.05) is 48.2 Å². The minimum absolute atomic E-state index is 0.0511. The summed E-state index contributed by atoms with van der Waals surface area (Å²) in [6, 6.07) is 20.0. The second-order valence-electron chi connectivity index (χ2n) is 9.20. The lowest BCUT2D eigenvalue weighted by atomic mass is 9.98. The molecule has 5 rings (SSSR count). The predicted octanol–water partition coefficient (Wildman–Crippen LogP) is 5.32. The third-order valence-corrected chi connectivity index (χ3v) is 7.52. The van der Waals surface area contributed by atoms with E-state index in [1.54, 1.807) is 6.07 Å². The second kappa shape index (κ2) is 11.2. The molecular formula is C29H28FN3O3S. The van der Waals surface area contributed by atoms with E-state index in [0.717, 1.165) is 36.4 Å². The first kappa shape index (κ1) is 25.0. The molecule has 0 bridgehead atoms. The molecule has 2 aliphatic rings. The van der Waals surface area contributed by atoms with Crippen LogP contribution in [0.5, 0.6) is 0 Å². The molecule has 1 fully saturated rings. The SMILES string of the molecule is O=C(O)CCc1ccc(C(Nc2ccc(CN3CCSCC3)cc2)=C2C(=O)Nc3cc(F)ccc32)cc1. The van der Waals surface area contributed by atoms with Crippen LogP contribution in [-0.4, -0.2) is 46.5 Å². The van der Waals surface area contributed by atoms with Crippen LogP contribution in [0.4, 0.5) is 15.8 Å². The molecule has 1 amide bonds. The van der Waals surface area contributed by atoms with Crippen molar-refractivity contribution in [2.24, 2.45) is 0 Å². The normalized spacial score (nSPS) is 16.7. The van der Waals surface area contributed by atoms with Gasteiger partial charge < -0.3 is 15.7 Å². The van der Waals surface area contributed by atoms with Crippen molar-refractivity contribution < 1.29 is 19.1 Å². The minimum Gasteiger partial charge on any atom is -0.481 e. The predicted molar refractivity (Wildman–Crippen MR) is 147 cm³/mol. The fraction of sp³-hybridized carbons (Fsp3) is 0.241. The van der Waals surface area contributed by atoms with Crippen LogP contribution in [0.3, 0.4) is 0 Å². The summed E-state index contributed by atoms with van der Waals surface area (Å²) in [7, 11) is 0. The summed E-state index contributed by atoms with van der Waals surface area (Å²) in [6.07, 6.45) is 0.476. The summed E-state index contributed by atoms with van der Waals surface area (Å²) in [4.78, 5) is 26.5. The summed E-state index contributed by atoms with van der Waals surface area (Å²) in [5.74, 6) is 0.763. The van der Waals surface area contributed by atoms with Gasteiger partial charge in [-0.2, -0.15) is 11.8 Å². The second-order valence-corrected chi connectivity index (χ2v) is 10.4. The van der Waals surface area contributed by atoms with Crippen LogP contribution in [0.15, 0.2) is 66.7 Å². The number of hydrogen-bond acceptors (Lipinski definition) is 5. The van der Waals surface area contributed by atoms with Crippen LogP contribution in [0.1, 0.15) is 28.7 Å². The van der Waals surface area contributed by atoms with Crippen LogP contribution < -0.4 is 10.6 Å². The van der Waals surface area contributed by atoms with Gasteiger partial charge in [0.05, 0.1) is 17.0 Å². The van der Waals surface area contributed by atoms with E-state index >= 15 is 0 Å². The summed E-state index contributed by atoms with van der Waals surface area (Å²) in [6.45, 7) is 3.10. The maximum atomic E-state index is 13.8. The topological polar surface area (TPSA) is 81.7 Å². The zero-order valence-corrected chi connectivity index (χ0v) is 21.1. The van der Waals surface area contributed by atoms with Gasteiger partial charge in [0.25, 0.3) is 5.91 Å². The Bertz CT molecular complexity index is 1330. The number of rotatable bonds is 8. The standard InChI is InChI=1S/C29H28FN3O3S/c30-22-8-11-24-25(17-22)32-29(36)27(24)28(21-6-1-19(2-7-21)5-12-26(34)35)31-23-9-3-20(4-10-23)18-33-13-15-37-16-14-33/h1-4,6-11,17,31H,5,12-16,18H2,(H,32,36)(H,34,35). The third-order valence-electron chi connectivity index (χ3n) is 6.58. The Kier molecular flexibility index (Phi) is 7.58. The zero-order chi connectivity index (χ0) is 25.8. The average molecular weight is 518 g/mol. The highest BCUT2D eigenvalue weighted by Crippen LogP contribution is 2.38. The van der Waals surface area contributed by atoms with Gasteiger partial charge in [-0.15, -0.1) is 0 Å². The van der Waals surface area contributed by atoms with Gasteiger partial charge in [0.2, 0.25) is 0 Å². The number of fused-ring (bicyclic) bond motifs is 1. The summed E-state index contributed by atoms with van der Waals surface area (Å²) < 4.78 is 13.8. The van der Waals surface area contributed by atoms with E-state index in [-0.39, 0.29) is 12.3 Å². The van der Waals surface area contributed by atoms with Crippen LogP contribution in [0, 0.1) is 5.82 Å². The number of benzene rings is 3. The first-order valence-electron chi connectivity index (χ1n) is 12.3. The van der Waals surface area contributed by atoms with Gasteiger partial charge in [-0.25, -0.2) is 4.39 Å². The van der Waals surface area contributed by atoms with E-state index in [1.165, 1.54) is 29.2 Å². The summed E-state index contributed by atoms with van der Waals surface area (Å²) in [5, 5.41) is 15.2. The highest BCUT2D eigenvalue weighted by Gasteiger charge is 2.29. The van der Waals surface area contributed by atoms with Crippen molar-refractivity contribution in [3.63, 3.8) is 0 Å². The molecule has 37 heavy (non-hydrogen) atoms. The zero-order valence-electron chi connectivity index (χ0n) is 20.3. The van der Waals surface area contributed by atoms with Crippen LogP contribution in [-0.2, 0) is 22.6 Å². The molecule has 1 saturated heterocycles. The minimum atomic E-state index is -0.845. The van der Waals surface area contributed by atoms with Crippen LogP contribution in [0.2, 0.25) is 0 Å². The number of aryl methyl sites for hydroxylation is 1. The Balaban J connectivity index is 1.46. The first-order valence-corrected chi connectivity index (χ1v) is 13.4. The Morgan fingerprint density at radius 1 is 1.00 bits per heavy atom. The molecule has 0 aromatic heterocycles. The lowest BCUT2D eigenvalue weighted by Gasteiger charge is -2.26. The lowest BCUT2D eigenvalue weighted by Crippen LogP contribution is -2.31. The van der Waals surface area contributed by atoms with E-state index in [9.17, 15) is 14.0 Å². The number of amides is 1. The van der Waals surface area contributed by atoms with E-state index in [0.29, 0.717) is 28.9 Å². The van der Waals surface area contributed by atoms with Crippen molar-refractivity contribution >= 4 is 46.3 Å². The smallest absolute Gasteiger partial charge is 0.303 e. The van der Waals surface area contributed by atoms with E-state index in [4.69, 9.17) is 5.11 Å². The number of anilines is 2. The fourth-order valence-electron chi connectivity index (χ4n) is 4.62.